The molecule has 3 heteroatoms. The number of aromatic nitrogens is 1. The van der Waals surface area contributed by atoms with E-state index in [2.05, 4.69) is 29.8 Å². The third-order valence-corrected chi connectivity index (χ3v) is 3.76. The van der Waals surface area contributed by atoms with Crippen molar-refractivity contribution < 1.29 is 5.11 Å². The normalized spacial score (nSPS) is 20.8. The highest BCUT2D eigenvalue weighted by atomic mass is 16.3. The zero-order valence-electron chi connectivity index (χ0n) is 11.7. The lowest BCUT2D eigenvalue weighted by molar-refractivity contribution is 0.169. The van der Waals surface area contributed by atoms with E-state index in [1.54, 1.807) is 0 Å². The fourth-order valence-electron chi connectivity index (χ4n) is 2.63. The molecule has 2 heterocycles. The topological polar surface area (TPSA) is 36.4 Å². The molecule has 0 unspecified atom stereocenters. The van der Waals surface area contributed by atoms with Crippen molar-refractivity contribution in [3.8, 4) is 0 Å². The average molecular weight is 248 g/mol. The highest BCUT2D eigenvalue weighted by Crippen LogP contribution is 2.31. The maximum Gasteiger partial charge on any atom is 0.0957 e. The first-order valence-corrected chi connectivity index (χ1v) is 6.91. The Morgan fingerprint density at radius 1 is 1.44 bits per heavy atom. The van der Waals surface area contributed by atoms with Crippen LogP contribution in [-0.2, 0) is 0 Å². The maximum atomic E-state index is 9.74. The van der Waals surface area contributed by atoms with Crippen LogP contribution in [0.15, 0.2) is 18.3 Å². The zero-order chi connectivity index (χ0) is 13.2. The second-order valence-electron chi connectivity index (χ2n) is 6.05. The Balaban J connectivity index is 2.09. The number of aliphatic hydroxyl groups is 1. The van der Waals surface area contributed by atoms with Gasteiger partial charge < -0.3 is 10.0 Å². The van der Waals surface area contributed by atoms with Gasteiger partial charge in [-0.15, -0.1) is 0 Å². The van der Waals surface area contributed by atoms with Crippen LogP contribution < -0.4 is 4.90 Å². The van der Waals surface area contributed by atoms with Gasteiger partial charge in [0.2, 0.25) is 0 Å². The van der Waals surface area contributed by atoms with Crippen LogP contribution in [0.3, 0.4) is 0 Å². The van der Waals surface area contributed by atoms with E-state index in [1.165, 1.54) is 18.5 Å². The summed E-state index contributed by atoms with van der Waals surface area (Å²) in [4.78, 5) is 6.78. The molecule has 0 spiro atoms. The fourth-order valence-corrected chi connectivity index (χ4v) is 2.63. The predicted molar refractivity (Wildman–Crippen MR) is 74.7 cm³/mol. The number of pyridine rings is 1. The van der Waals surface area contributed by atoms with Crippen molar-refractivity contribution in [2.24, 2.45) is 5.41 Å². The molecule has 2 rings (SSSR count). The monoisotopic (exact) mass is 248 g/mol. The van der Waals surface area contributed by atoms with Gasteiger partial charge in [0.25, 0.3) is 0 Å². The summed E-state index contributed by atoms with van der Waals surface area (Å²) in [6, 6.07) is 4.04. The van der Waals surface area contributed by atoms with E-state index in [-0.39, 0.29) is 0 Å². The van der Waals surface area contributed by atoms with Gasteiger partial charge in [0.05, 0.1) is 23.7 Å². The van der Waals surface area contributed by atoms with Gasteiger partial charge in [0, 0.05) is 13.1 Å². The van der Waals surface area contributed by atoms with Gasteiger partial charge in [-0.1, -0.05) is 20.8 Å². The summed E-state index contributed by atoms with van der Waals surface area (Å²) in [5.74, 6) is 0. The van der Waals surface area contributed by atoms with Crippen molar-refractivity contribution in [2.45, 2.75) is 46.1 Å². The molecule has 0 aromatic carbocycles. The number of hydrogen-bond acceptors (Lipinski definition) is 3. The van der Waals surface area contributed by atoms with E-state index in [4.69, 9.17) is 0 Å². The van der Waals surface area contributed by atoms with Crippen LogP contribution >= 0.6 is 0 Å². The second kappa shape index (κ2) is 5.27. The summed E-state index contributed by atoms with van der Waals surface area (Å²) < 4.78 is 0. The Kier molecular flexibility index (Phi) is 3.91. The van der Waals surface area contributed by atoms with Gasteiger partial charge in [0.1, 0.15) is 0 Å². The molecule has 1 aliphatic heterocycles. The first-order valence-electron chi connectivity index (χ1n) is 6.91. The molecule has 1 fully saturated rings. The van der Waals surface area contributed by atoms with Crippen molar-refractivity contribution in [3.63, 3.8) is 0 Å². The van der Waals surface area contributed by atoms with E-state index >= 15 is 0 Å². The van der Waals surface area contributed by atoms with Crippen molar-refractivity contribution in [1.82, 2.24) is 4.98 Å². The molecule has 0 bridgehead atoms. The minimum atomic E-state index is -0.433. The van der Waals surface area contributed by atoms with E-state index < -0.39 is 6.10 Å². The molecular formula is C15H24N2O. The standard InChI is InChI=1S/C15H24N2O/c1-4-14(18)13-7-6-12(10-16-13)17-9-5-8-15(2,3)11-17/h6-7,10,14,18H,4-5,8-9,11H2,1-3H3/t14-/m1/s1. The molecule has 1 atom stereocenters. The van der Waals surface area contributed by atoms with Gasteiger partial charge >= 0.3 is 0 Å². The molecule has 0 radical (unpaired) electrons. The molecule has 100 valence electrons. The fraction of sp³-hybridized carbons (Fsp3) is 0.667. The lowest BCUT2D eigenvalue weighted by Gasteiger charge is -2.39. The lowest BCUT2D eigenvalue weighted by atomic mass is 9.84. The van der Waals surface area contributed by atoms with Crippen molar-refractivity contribution >= 4 is 5.69 Å². The van der Waals surface area contributed by atoms with Crippen molar-refractivity contribution in [1.29, 1.82) is 0 Å². The molecule has 0 amide bonds. The van der Waals surface area contributed by atoms with Gasteiger partial charge in [-0.3, -0.25) is 4.98 Å². The lowest BCUT2D eigenvalue weighted by Crippen LogP contribution is -2.40. The van der Waals surface area contributed by atoms with Crippen LogP contribution in [0.1, 0.15) is 51.8 Å². The van der Waals surface area contributed by atoms with E-state index in [0.717, 1.165) is 18.8 Å². The summed E-state index contributed by atoms with van der Waals surface area (Å²) in [7, 11) is 0. The van der Waals surface area contributed by atoms with Crippen LogP contribution in [0.4, 0.5) is 5.69 Å². The van der Waals surface area contributed by atoms with Crippen molar-refractivity contribution in [3.05, 3.63) is 24.0 Å². The van der Waals surface area contributed by atoms with Gasteiger partial charge in [0.15, 0.2) is 0 Å². The molecule has 0 aliphatic carbocycles. The summed E-state index contributed by atoms with van der Waals surface area (Å²) in [5.41, 5.74) is 2.34. The number of nitrogens with zero attached hydrogens (tertiary/aromatic N) is 2. The Morgan fingerprint density at radius 2 is 2.22 bits per heavy atom. The smallest absolute Gasteiger partial charge is 0.0957 e. The summed E-state index contributed by atoms with van der Waals surface area (Å²) in [6.45, 7) is 8.81. The summed E-state index contributed by atoms with van der Waals surface area (Å²) >= 11 is 0. The molecule has 1 aromatic heterocycles. The molecule has 0 saturated carbocycles. The number of hydrogen-bond donors (Lipinski definition) is 1. The van der Waals surface area contributed by atoms with E-state index in [0.29, 0.717) is 11.8 Å². The van der Waals surface area contributed by atoms with Crippen LogP contribution in [0.25, 0.3) is 0 Å². The van der Waals surface area contributed by atoms with Crippen LogP contribution in [0.2, 0.25) is 0 Å². The molecule has 3 nitrogen and oxygen atoms in total. The molecule has 1 N–H and O–H groups in total. The molecular weight excluding hydrogens is 224 g/mol. The Morgan fingerprint density at radius 3 is 2.78 bits per heavy atom. The summed E-state index contributed by atoms with van der Waals surface area (Å²) in [6.07, 6.45) is 4.71. The number of rotatable bonds is 3. The highest BCUT2D eigenvalue weighted by Gasteiger charge is 2.26. The van der Waals surface area contributed by atoms with Gasteiger partial charge in [-0.25, -0.2) is 0 Å². The maximum absolute atomic E-state index is 9.74. The first kappa shape index (κ1) is 13.3. The van der Waals surface area contributed by atoms with E-state index in [9.17, 15) is 5.11 Å². The van der Waals surface area contributed by atoms with Gasteiger partial charge in [-0.2, -0.15) is 0 Å². The first-order chi connectivity index (χ1) is 8.52. The van der Waals surface area contributed by atoms with Gasteiger partial charge in [-0.05, 0) is 36.8 Å². The zero-order valence-corrected chi connectivity index (χ0v) is 11.7. The third-order valence-electron chi connectivity index (χ3n) is 3.76. The average Bonchev–Trinajstić information content (AvgIpc) is 2.37. The SMILES string of the molecule is CC[C@@H](O)c1ccc(N2CCCC(C)(C)C2)cn1. The van der Waals surface area contributed by atoms with Crippen LogP contribution in [0, 0.1) is 5.41 Å². The Labute approximate surface area is 110 Å². The quantitative estimate of drug-likeness (QED) is 0.892. The van der Waals surface area contributed by atoms with Crippen LogP contribution in [-0.4, -0.2) is 23.2 Å². The molecule has 1 saturated heterocycles. The summed E-state index contributed by atoms with van der Waals surface area (Å²) in [5, 5.41) is 9.74. The molecule has 18 heavy (non-hydrogen) atoms. The second-order valence-corrected chi connectivity index (χ2v) is 6.05. The van der Waals surface area contributed by atoms with E-state index in [1.807, 2.05) is 19.2 Å². The number of piperidine rings is 1. The minimum Gasteiger partial charge on any atom is -0.387 e. The Bertz CT molecular complexity index is 386. The minimum absolute atomic E-state index is 0.389. The molecule has 1 aliphatic rings. The molecule has 1 aromatic rings. The highest BCUT2D eigenvalue weighted by molar-refractivity contribution is 5.45. The Hall–Kier alpha value is -1.09. The largest absolute Gasteiger partial charge is 0.387 e. The third kappa shape index (κ3) is 3.02. The number of anilines is 1. The predicted octanol–water partition coefficient (Wildman–Crippen LogP) is 3.15. The number of aliphatic hydroxyl groups excluding tert-OH is 1. The van der Waals surface area contributed by atoms with Crippen LogP contribution in [0.5, 0.6) is 0 Å². The van der Waals surface area contributed by atoms with Crippen molar-refractivity contribution in [2.75, 3.05) is 18.0 Å².